The molecule has 1 aromatic rings. The Balaban J connectivity index is 2.29. The van der Waals surface area contributed by atoms with Crippen LogP contribution in [-0.4, -0.2) is 37.0 Å². The van der Waals surface area contributed by atoms with Gasteiger partial charge >= 0.3 is 5.97 Å². The molecule has 0 unspecified atom stereocenters. The number of rotatable bonds is 6. The van der Waals surface area contributed by atoms with Gasteiger partial charge in [0, 0.05) is 18.5 Å². The summed E-state index contributed by atoms with van der Waals surface area (Å²) in [6, 6.07) is 3.85. The third-order valence-corrected chi connectivity index (χ3v) is 3.16. The van der Waals surface area contributed by atoms with Crippen molar-refractivity contribution in [3.8, 4) is 0 Å². The van der Waals surface area contributed by atoms with E-state index in [1.807, 2.05) is 17.5 Å². The lowest BCUT2D eigenvalue weighted by Gasteiger charge is -2.16. The third-order valence-electron chi connectivity index (χ3n) is 2.29. The lowest BCUT2D eigenvalue weighted by molar-refractivity contribution is -0.143. The molecule has 0 aliphatic heterocycles. The van der Waals surface area contributed by atoms with Gasteiger partial charge in [-0.1, -0.05) is 6.07 Å². The summed E-state index contributed by atoms with van der Waals surface area (Å²) in [5.74, 6) is -0.236. The highest BCUT2D eigenvalue weighted by molar-refractivity contribution is 7.10. The predicted octanol–water partition coefficient (Wildman–Crippen LogP) is 1.70. The Hall–Kier alpha value is -1.36. The van der Waals surface area contributed by atoms with Crippen LogP contribution in [0.1, 0.15) is 18.2 Å². The van der Waals surface area contributed by atoms with E-state index in [2.05, 4.69) is 0 Å². The summed E-state index contributed by atoms with van der Waals surface area (Å²) in [5, 5.41) is 1.95. The summed E-state index contributed by atoms with van der Waals surface area (Å²) in [6.45, 7) is 2.55. The molecule has 0 atom stereocenters. The lowest BCUT2D eigenvalue weighted by Crippen LogP contribution is -2.30. The first-order chi connectivity index (χ1) is 8.13. The topological polar surface area (TPSA) is 46.6 Å². The third kappa shape index (κ3) is 4.99. The van der Waals surface area contributed by atoms with Crippen molar-refractivity contribution in [2.75, 3.05) is 20.2 Å². The Morgan fingerprint density at radius 3 is 2.82 bits per heavy atom. The average molecular weight is 255 g/mol. The highest BCUT2D eigenvalue weighted by atomic mass is 32.1. The molecule has 0 fully saturated rings. The summed E-state index contributed by atoms with van der Waals surface area (Å²) in [6.07, 6.45) is 0.650. The predicted molar refractivity (Wildman–Crippen MR) is 66.9 cm³/mol. The highest BCUT2D eigenvalue weighted by Crippen LogP contribution is 2.10. The minimum absolute atomic E-state index is 0.0248. The van der Waals surface area contributed by atoms with Crippen molar-refractivity contribution in [2.24, 2.45) is 0 Å². The number of esters is 1. The SMILES string of the molecule is CCOC(=O)CCN(C)C(=O)Cc1cccs1. The molecule has 4 nitrogen and oxygen atoms in total. The van der Waals surface area contributed by atoms with Crippen LogP contribution in [0.15, 0.2) is 17.5 Å². The Labute approximate surface area is 105 Å². The highest BCUT2D eigenvalue weighted by Gasteiger charge is 2.12. The average Bonchev–Trinajstić information content (AvgIpc) is 2.79. The molecule has 1 aromatic heterocycles. The Bertz CT molecular complexity index is 362. The van der Waals surface area contributed by atoms with E-state index >= 15 is 0 Å². The molecule has 5 heteroatoms. The van der Waals surface area contributed by atoms with E-state index in [0.717, 1.165) is 4.88 Å². The Morgan fingerprint density at radius 2 is 2.24 bits per heavy atom. The van der Waals surface area contributed by atoms with Crippen LogP contribution < -0.4 is 0 Å². The molecule has 94 valence electrons. The van der Waals surface area contributed by atoms with E-state index in [-0.39, 0.29) is 18.3 Å². The first-order valence-corrected chi connectivity index (χ1v) is 6.43. The van der Waals surface area contributed by atoms with Gasteiger partial charge < -0.3 is 9.64 Å². The first kappa shape index (κ1) is 13.7. The quantitative estimate of drug-likeness (QED) is 0.727. The zero-order valence-electron chi connectivity index (χ0n) is 10.1. The molecule has 1 amide bonds. The molecule has 0 spiro atoms. The molecule has 17 heavy (non-hydrogen) atoms. The van der Waals surface area contributed by atoms with E-state index in [1.54, 1.807) is 30.2 Å². The van der Waals surface area contributed by atoms with Crippen molar-refractivity contribution < 1.29 is 14.3 Å². The van der Waals surface area contributed by atoms with Gasteiger partial charge in [0.2, 0.25) is 5.91 Å². The summed E-state index contributed by atoms with van der Waals surface area (Å²) in [4.78, 5) is 25.5. The molecule has 0 saturated heterocycles. The van der Waals surface area contributed by atoms with Crippen molar-refractivity contribution in [2.45, 2.75) is 19.8 Å². The smallest absolute Gasteiger partial charge is 0.307 e. The molecule has 0 aliphatic rings. The molecule has 1 rings (SSSR count). The van der Waals surface area contributed by atoms with Gasteiger partial charge in [0.05, 0.1) is 19.4 Å². The fourth-order valence-electron chi connectivity index (χ4n) is 1.31. The second kappa shape index (κ2) is 7.06. The number of thiophene rings is 1. The molecule has 0 N–H and O–H groups in total. The first-order valence-electron chi connectivity index (χ1n) is 5.55. The van der Waals surface area contributed by atoms with Crippen molar-refractivity contribution in [1.29, 1.82) is 0 Å². The maximum absolute atomic E-state index is 11.8. The zero-order chi connectivity index (χ0) is 12.7. The molecular formula is C12H17NO3S. The number of likely N-dealkylation sites (N-methyl/N-ethyl adjacent to an activating group) is 1. The van der Waals surface area contributed by atoms with Crippen LogP contribution in [0.5, 0.6) is 0 Å². The van der Waals surface area contributed by atoms with Gasteiger partial charge in [-0.05, 0) is 18.4 Å². The summed E-state index contributed by atoms with van der Waals surface area (Å²) < 4.78 is 4.80. The number of carbonyl (C=O) groups excluding carboxylic acids is 2. The molecule has 1 heterocycles. The van der Waals surface area contributed by atoms with E-state index < -0.39 is 0 Å². The maximum atomic E-state index is 11.8. The summed E-state index contributed by atoms with van der Waals surface area (Å²) in [5.41, 5.74) is 0. The molecule has 0 bridgehead atoms. The van der Waals surface area contributed by atoms with Gasteiger partial charge in [0.15, 0.2) is 0 Å². The summed E-state index contributed by atoms with van der Waals surface area (Å²) >= 11 is 1.56. The van der Waals surface area contributed by atoms with E-state index in [0.29, 0.717) is 19.6 Å². The van der Waals surface area contributed by atoms with E-state index in [9.17, 15) is 9.59 Å². The van der Waals surface area contributed by atoms with Gasteiger partial charge in [-0.25, -0.2) is 0 Å². The number of hydrogen-bond donors (Lipinski definition) is 0. The van der Waals surface area contributed by atoms with Crippen LogP contribution in [0, 0.1) is 0 Å². The number of hydrogen-bond acceptors (Lipinski definition) is 4. The van der Waals surface area contributed by atoms with Crippen LogP contribution in [0.3, 0.4) is 0 Å². The summed E-state index contributed by atoms with van der Waals surface area (Å²) in [7, 11) is 1.70. The van der Waals surface area contributed by atoms with E-state index in [4.69, 9.17) is 4.74 Å². The number of carbonyl (C=O) groups is 2. The fraction of sp³-hybridized carbons (Fsp3) is 0.500. The Morgan fingerprint density at radius 1 is 1.47 bits per heavy atom. The van der Waals surface area contributed by atoms with E-state index in [1.165, 1.54) is 0 Å². The minimum atomic E-state index is -0.261. The normalized spacial score (nSPS) is 10.0. The molecule has 0 aliphatic carbocycles. The van der Waals surface area contributed by atoms with Crippen molar-refractivity contribution in [3.63, 3.8) is 0 Å². The number of nitrogens with zero attached hydrogens (tertiary/aromatic N) is 1. The van der Waals surface area contributed by atoms with Crippen molar-refractivity contribution in [1.82, 2.24) is 4.90 Å². The standard InChI is InChI=1S/C12H17NO3S/c1-3-16-12(15)6-7-13(2)11(14)9-10-5-4-8-17-10/h4-5,8H,3,6-7,9H2,1-2H3. The second-order valence-corrected chi connectivity index (χ2v) is 4.66. The zero-order valence-corrected chi connectivity index (χ0v) is 11.0. The van der Waals surface area contributed by atoms with Crippen LogP contribution in [-0.2, 0) is 20.7 Å². The molecular weight excluding hydrogens is 238 g/mol. The van der Waals surface area contributed by atoms with Gasteiger partial charge in [-0.2, -0.15) is 0 Å². The maximum Gasteiger partial charge on any atom is 0.307 e. The lowest BCUT2D eigenvalue weighted by atomic mass is 10.3. The number of amides is 1. The van der Waals surface area contributed by atoms with Crippen molar-refractivity contribution >= 4 is 23.2 Å². The number of ether oxygens (including phenoxy) is 1. The monoisotopic (exact) mass is 255 g/mol. The largest absolute Gasteiger partial charge is 0.466 e. The van der Waals surface area contributed by atoms with Crippen LogP contribution in [0.2, 0.25) is 0 Å². The van der Waals surface area contributed by atoms with Crippen LogP contribution >= 0.6 is 11.3 Å². The minimum Gasteiger partial charge on any atom is -0.466 e. The van der Waals surface area contributed by atoms with Gasteiger partial charge in [0.25, 0.3) is 0 Å². The fourth-order valence-corrected chi connectivity index (χ4v) is 2.01. The molecule has 0 aromatic carbocycles. The van der Waals surface area contributed by atoms with Crippen LogP contribution in [0.4, 0.5) is 0 Å². The van der Waals surface area contributed by atoms with Gasteiger partial charge in [-0.3, -0.25) is 9.59 Å². The molecule has 0 radical (unpaired) electrons. The van der Waals surface area contributed by atoms with Crippen molar-refractivity contribution in [3.05, 3.63) is 22.4 Å². The Kier molecular flexibility index (Phi) is 5.69. The molecule has 0 saturated carbocycles. The van der Waals surface area contributed by atoms with Crippen LogP contribution in [0.25, 0.3) is 0 Å². The van der Waals surface area contributed by atoms with Gasteiger partial charge in [0.1, 0.15) is 0 Å². The van der Waals surface area contributed by atoms with Gasteiger partial charge in [-0.15, -0.1) is 11.3 Å². The second-order valence-electron chi connectivity index (χ2n) is 3.63.